The molecule has 1 aliphatic carbocycles. The van der Waals surface area contributed by atoms with Gasteiger partial charge in [0.2, 0.25) is 5.91 Å². The molecule has 4 nitrogen and oxygen atoms in total. The topological polar surface area (TPSA) is 46.6 Å². The van der Waals surface area contributed by atoms with E-state index < -0.39 is 0 Å². The number of aldehydes is 1. The third kappa shape index (κ3) is 3.90. The second-order valence-corrected chi connectivity index (χ2v) is 6.63. The van der Waals surface area contributed by atoms with Crippen LogP contribution in [0.5, 0.6) is 5.75 Å². The smallest absolute Gasteiger partial charge is 0.227 e. The average Bonchev–Trinajstić information content (AvgIpc) is 3.31. The molecule has 0 unspecified atom stereocenters. The Morgan fingerprint density at radius 3 is 2.16 bits per heavy atom. The molecule has 1 aliphatic rings. The monoisotopic (exact) mass is 337 g/mol. The van der Waals surface area contributed by atoms with Crippen LogP contribution >= 0.6 is 0 Å². The molecular formula is C21H23NO3. The van der Waals surface area contributed by atoms with Crippen molar-refractivity contribution in [3.8, 4) is 5.75 Å². The van der Waals surface area contributed by atoms with Crippen LogP contribution in [0, 0.1) is 17.8 Å². The van der Waals surface area contributed by atoms with Gasteiger partial charge in [-0.25, -0.2) is 0 Å². The van der Waals surface area contributed by atoms with E-state index >= 15 is 0 Å². The molecular weight excluding hydrogens is 314 g/mol. The summed E-state index contributed by atoms with van der Waals surface area (Å²) in [5.74, 6) is 0.672. The van der Waals surface area contributed by atoms with E-state index in [2.05, 4.69) is 0 Å². The van der Waals surface area contributed by atoms with Gasteiger partial charge in [0.25, 0.3) is 0 Å². The predicted molar refractivity (Wildman–Crippen MR) is 95.9 cm³/mol. The van der Waals surface area contributed by atoms with Crippen LogP contribution in [0.4, 0.5) is 0 Å². The first-order valence-corrected chi connectivity index (χ1v) is 8.55. The highest BCUT2D eigenvalue weighted by Crippen LogP contribution is 2.45. The normalized spacial score (nSPS) is 21.4. The molecule has 0 saturated heterocycles. The van der Waals surface area contributed by atoms with Crippen LogP contribution < -0.4 is 4.74 Å². The maximum atomic E-state index is 13.0. The summed E-state index contributed by atoms with van der Waals surface area (Å²) in [7, 11) is 1.63. The molecule has 0 radical (unpaired) electrons. The number of hydrogen-bond donors (Lipinski definition) is 0. The Hall–Kier alpha value is -2.62. The molecule has 2 aromatic rings. The average molecular weight is 337 g/mol. The number of carbonyl (C=O) groups is 2. The third-order valence-electron chi connectivity index (χ3n) is 4.95. The number of amides is 1. The Morgan fingerprint density at radius 2 is 1.64 bits per heavy atom. The van der Waals surface area contributed by atoms with Crippen molar-refractivity contribution in [1.82, 2.24) is 4.90 Å². The summed E-state index contributed by atoms with van der Waals surface area (Å²) in [4.78, 5) is 25.9. The molecule has 0 N–H and O–H groups in total. The highest BCUT2D eigenvalue weighted by molar-refractivity contribution is 5.87. The van der Waals surface area contributed by atoms with Gasteiger partial charge in [-0.05, 0) is 29.2 Å². The first-order chi connectivity index (χ1) is 12.1. The number of rotatable bonds is 7. The number of benzene rings is 2. The predicted octanol–water partition coefficient (Wildman–Crippen LogP) is 3.31. The van der Waals surface area contributed by atoms with Gasteiger partial charge in [0.15, 0.2) is 0 Å². The molecule has 3 rings (SSSR count). The molecule has 130 valence electrons. The van der Waals surface area contributed by atoms with E-state index in [1.807, 2.05) is 66.4 Å². The molecule has 0 aliphatic heterocycles. The van der Waals surface area contributed by atoms with Gasteiger partial charge >= 0.3 is 0 Å². The van der Waals surface area contributed by atoms with Gasteiger partial charge in [0.1, 0.15) is 12.0 Å². The number of nitrogens with zero attached hydrogens (tertiary/aromatic N) is 1. The number of methoxy groups -OCH3 is 1. The molecule has 0 spiro atoms. The van der Waals surface area contributed by atoms with Crippen molar-refractivity contribution in [2.45, 2.75) is 20.0 Å². The van der Waals surface area contributed by atoms with Crippen molar-refractivity contribution in [1.29, 1.82) is 0 Å². The Balaban J connectivity index is 1.78. The highest BCUT2D eigenvalue weighted by Gasteiger charge is 2.52. The van der Waals surface area contributed by atoms with Crippen molar-refractivity contribution in [2.24, 2.45) is 17.8 Å². The zero-order chi connectivity index (χ0) is 17.8. The highest BCUT2D eigenvalue weighted by atomic mass is 16.5. The molecule has 3 atom stereocenters. The van der Waals surface area contributed by atoms with E-state index in [1.54, 1.807) is 7.11 Å². The number of hydrogen-bond acceptors (Lipinski definition) is 3. The summed E-state index contributed by atoms with van der Waals surface area (Å²) in [6.07, 6.45) is 0.918. The van der Waals surface area contributed by atoms with E-state index in [1.165, 1.54) is 0 Å². The Labute approximate surface area is 148 Å². The minimum absolute atomic E-state index is 0.0595. The number of ether oxygens (including phenoxy) is 1. The lowest BCUT2D eigenvalue weighted by Gasteiger charge is -2.23. The van der Waals surface area contributed by atoms with Crippen LogP contribution in [-0.4, -0.2) is 24.2 Å². The minimum atomic E-state index is -0.181. The Kier molecular flexibility index (Phi) is 5.17. The van der Waals surface area contributed by atoms with Gasteiger partial charge in [-0.15, -0.1) is 0 Å². The molecule has 0 heterocycles. The zero-order valence-corrected chi connectivity index (χ0v) is 14.6. The van der Waals surface area contributed by atoms with E-state index in [-0.39, 0.29) is 23.7 Å². The van der Waals surface area contributed by atoms with Gasteiger partial charge in [-0.1, -0.05) is 49.4 Å². The minimum Gasteiger partial charge on any atom is -0.497 e. The summed E-state index contributed by atoms with van der Waals surface area (Å²) >= 11 is 0. The standard InChI is InChI=1S/C21H23NO3/c1-15-19(14-23)20(15)21(24)22(12-16-6-4-3-5-7-16)13-17-8-10-18(25-2)11-9-17/h3-11,14-15,19-20H,12-13H2,1-2H3/t15-,19-,20-/m1/s1. The van der Waals surface area contributed by atoms with Crippen LogP contribution in [-0.2, 0) is 22.7 Å². The van der Waals surface area contributed by atoms with Crippen LogP contribution in [0.1, 0.15) is 18.1 Å². The fraction of sp³-hybridized carbons (Fsp3) is 0.333. The van der Waals surface area contributed by atoms with Gasteiger partial charge in [-0.3, -0.25) is 4.79 Å². The summed E-state index contributed by atoms with van der Waals surface area (Å²) < 4.78 is 5.19. The van der Waals surface area contributed by atoms with Gasteiger partial charge in [0.05, 0.1) is 13.0 Å². The molecule has 4 heteroatoms. The fourth-order valence-electron chi connectivity index (χ4n) is 3.27. The Bertz CT molecular complexity index is 727. The van der Waals surface area contributed by atoms with Crippen LogP contribution in [0.25, 0.3) is 0 Å². The SMILES string of the molecule is COc1ccc(CN(Cc2ccccc2)C(=O)[C@@H]2[C@H](C)[C@H]2C=O)cc1. The van der Waals surface area contributed by atoms with Gasteiger partial charge in [0, 0.05) is 19.0 Å². The summed E-state index contributed by atoms with van der Waals surface area (Å²) in [5.41, 5.74) is 2.13. The van der Waals surface area contributed by atoms with E-state index in [0.29, 0.717) is 13.1 Å². The fourth-order valence-corrected chi connectivity index (χ4v) is 3.27. The maximum absolute atomic E-state index is 13.0. The van der Waals surface area contributed by atoms with Gasteiger partial charge in [-0.2, -0.15) is 0 Å². The van der Waals surface area contributed by atoms with Crippen molar-refractivity contribution in [3.63, 3.8) is 0 Å². The van der Waals surface area contributed by atoms with Gasteiger partial charge < -0.3 is 14.4 Å². The summed E-state index contributed by atoms with van der Waals surface area (Å²) in [6.45, 7) is 3.03. The molecule has 25 heavy (non-hydrogen) atoms. The lowest BCUT2D eigenvalue weighted by Crippen LogP contribution is -2.32. The molecule has 2 aromatic carbocycles. The van der Waals surface area contributed by atoms with Crippen LogP contribution in [0.3, 0.4) is 0 Å². The molecule has 1 fully saturated rings. The largest absolute Gasteiger partial charge is 0.497 e. The molecule has 0 bridgehead atoms. The second kappa shape index (κ2) is 7.51. The third-order valence-corrected chi connectivity index (χ3v) is 4.95. The van der Waals surface area contributed by atoms with Crippen LogP contribution in [0.2, 0.25) is 0 Å². The van der Waals surface area contributed by atoms with Crippen molar-refractivity contribution in [3.05, 3.63) is 65.7 Å². The van der Waals surface area contributed by atoms with E-state index in [9.17, 15) is 9.59 Å². The summed E-state index contributed by atoms with van der Waals surface area (Å²) in [6, 6.07) is 17.7. The zero-order valence-electron chi connectivity index (χ0n) is 14.6. The quantitative estimate of drug-likeness (QED) is 0.728. The van der Waals surface area contributed by atoms with E-state index in [0.717, 1.165) is 23.2 Å². The van der Waals surface area contributed by atoms with Crippen LogP contribution in [0.15, 0.2) is 54.6 Å². The lowest BCUT2D eigenvalue weighted by atomic mass is 10.1. The maximum Gasteiger partial charge on any atom is 0.227 e. The molecule has 0 aromatic heterocycles. The number of carbonyl (C=O) groups excluding carboxylic acids is 2. The first-order valence-electron chi connectivity index (χ1n) is 8.55. The Morgan fingerprint density at radius 1 is 1.04 bits per heavy atom. The second-order valence-electron chi connectivity index (χ2n) is 6.63. The first kappa shape index (κ1) is 17.2. The van der Waals surface area contributed by atoms with Crippen molar-refractivity contribution >= 4 is 12.2 Å². The molecule has 1 saturated carbocycles. The summed E-state index contributed by atoms with van der Waals surface area (Å²) in [5, 5.41) is 0. The van der Waals surface area contributed by atoms with E-state index in [4.69, 9.17) is 4.74 Å². The lowest BCUT2D eigenvalue weighted by molar-refractivity contribution is -0.135. The van der Waals surface area contributed by atoms with Crippen molar-refractivity contribution in [2.75, 3.05) is 7.11 Å². The van der Waals surface area contributed by atoms with Crippen molar-refractivity contribution < 1.29 is 14.3 Å². The molecule has 1 amide bonds.